The van der Waals surface area contributed by atoms with Crippen LogP contribution in [0, 0.1) is 6.92 Å². The van der Waals surface area contributed by atoms with Crippen molar-refractivity contribution >= 4 is 5.97 Å². The summed E-state index contributed by atoms with van der Waals surface area (Å²) >= 11 is 0. The minimum absolute atomic E-state index is 0.317. The van der Waals surface area contributed by atoms with E-state index in [9.17, 15) is 4.79 Å². The first-order valence-corrected chi connectivity index (χ1v) is 7.75. The van der Waals surface area contributed by atoms with Crippen LogP contribution in [-0.2, 0) is 9.53 Å². The summed E-state index contributed by atoms with van der Waals surface area (Å²) in [6, 6.07) is 13.5. The van der Waals surface area contributed by atoms with E-state index in [1.807, 2.05) is 43.3 Å². The molecule has 0 aliphatic heterocycles. The highest BCUT2D eigenvalue weighted by Gasteiger charge is 2.16. The number of carbonyl (C=O) groups is 1. The average molecular weight is 321 g/mol. The van der Waals surface area contributed by atoms with Crippen molar-refractivity contribution in [3.05, 3.63) is 60.4 Å². The van der Waals surface area contributed by atoms with E-state index in [-0.39, 0.29) is 5.97 Å². The molecule has 0 aliphatic rings. The number of pyridine rings is 1. The van der Waals surface area contributed by atoms with Gasteiger partial charge >= 0.3 is 5.97 Å². The van der Waals surface area contributed by atoms with Crippen LogP contribution in [0.5, 0.6) is 0 Å². The van der Waals surface area contributed by atoms with Crippen LogP contribution in [0.3, 0.4) is 0 Å². The van der Waals surface area contributed by atoms with E-state index in [2.05, 4.69) is 16.1 Å². The second kappa shape index (κ2) is 6.66. The Bertz CT molecular complexity index is 870. The van der Waals surface area contributed by atoms with E-state index in [1.54, 1.807) is 24.0 Å². The number of hydrogen-bond donors (Lipinski definition) is 0. The smallest absolute Gasteiger partial charge is 0.330 e. The fourth-order valence-corrected chi connectivity index (χ4v) is 2.60. The minimum Gasteiger partial charge on any atom is -0.467 e. The molecule has 3 aromatic rings. The highest BCUT2D eigenvalue weighted by molar-refractivity contribution is 5.74. The quantitative estimate of drug-likeness (QED) is 0.688. The van der Waals surface area contributed by atoms with Gasteiger partial charge in [0.2, 0.25) is 0 Å². The monoisotopic (exact) mass is 321 g/mol. The number of methoxy groups -OCH3 is 1. The summed E-state index contributed by atoms with van der Waals surface area (Å²) in [7, 11) is 1.38. The number of aryl methyl sites for hydroxylation is 1. The van der Waals surface area contributed by atoms with Gasteiger partial charge < -0.3 is 4.74 Å². The SMILES string of the molecule is COC(=O)C(C)n1ccc(-c2cccc(-c3ncccc3C)c2)n1. The van der Waals surface area contributed by atoms with E-state index in [0.29, 0.717) is 0 Å². The van der Waals surface area contributed by atoms with E-state index in [4.69, 9.17) is 4.74 Å². The lowest BCUT2D eigenvalue weighted by molar-refractivity contribution is -0.144. The Morgan fingerprint density at radius 1 is 1.17 bits per heavy atom. The van der Waals surface area contributed by atoms with Crippen LogP contribution >= 0.6 is 0 Å². The zero-order chi connectivity index (χ0) is 17.1. The first-order valence-electron chi connectivity index (χ1n) is 7.75. The Balaban J connectivity index is 1.94. The molecule has 0 spiro atoms. The molecular formula is C19H19N3O2. The van der Waals surface area contributed by atoms with Gasteiger partial charge in [0.15, 0.2) is 0 Å². The zero-order valence-corrected chi connectivity index (χ0v) is 13.9. The van der Waals surface area contributed by atoms with Crippen molar-refractivity contribution in [3.8, 4) is 22.5 Å². The highest BCUT2D eigenvalue weighted by atomic mass is 16.5. The molecule has 0 radical (unpaired) electrons. The van der Waals surface area contributed by atoms with Crippen molar-refractivity contribution in [3.63, 3.8) is 0 Å². The van der Waals surface area contributed by atoms with Crippen molar-refractivity contribution < 1.29 is 9.53 Å². The lowest BCUT2D eigenvalue weighted by Crippen LogP contribution is -2.18. The standard InChI is InChI=1S/C19H19N3O2/c1-13-6-5-10-20-18(13)16-8-4-7-15(12-16)17-9-11-22(21-17)14(2)19(23)24-3/h4-12,14H,1-3H3. The van der Waals surface area contributed by atoms with Crippen molar-refractivity contribution in [1.82, 2.24) is 14.8 Å². The van der Waals surface area contributed by atoms with Crippen molar-refractivity contribution in [1.29, 1.82) is 0 Å². The lowest BCUT2D eigenvalue weighted by atomic mass is 10.0. The van der Waals surface area contributed by atoms with Crippen LogP contribution in [0.4, 0.5) is 0 Å². The summed E-state index contributed by atoms with van der Waals surface area (Å²) in [4.78, 5) is 16.1. The highest BCUT2D eigenvalue weighted by Crippen LogP contribution is 2.26. The van der Waals surface area contributed by atoms with Gasteiger partial charge in [-0.25, -0.2) is 4.79 Å². The Morgan fingerprint density at radius 2 is 1.96 bits per heavy atom. The number of nitrogens with zero attached hydrogens (tertiary/aromatic N) is 3. The number of hydrogen-bond acceptors (Lipinski definition) is 4. The Morgan fingerprint density at radius 3 is 2.71 bits per heavy atom. The van der Waals surface area contributed by atoms with Crippen molar-refractivity contribution in [2.24, 2.45) is 0 Å². The van der Waals surface area contributed by atoms with Gasteiger partial charge in [-0.05, 0) is 37.6 Å². The summed E-state index contributed by atoms with van der Waals surface area (Å²) < 4.78 is 6.37. The largest absolute Gasteiger partial charge is 0.467 e. The van der Waals surface area contributed by atoms with Crippen LogP contribution in [0.1, 0.15) is 18.5 Å². The Kier molecular flexibility index (Phi) is 4.42. The normalized spacial score (nSPS) is 12.0. The number of benzene rings is 1. The molecule has 0 aliphatic carbocycles. The fourth-order valence-electron chi connectivity index (χ4n) is 2.60. The van der Waals surface area contributed by atoms with E-state index >= 15 is 0 Å². The predicted molar refractivity (Wildman–Crippen MR) is 92.4 cm³/mol. The molecule has 1 atom stereocenters. The number of rotatable bonds is 4. The second-order valence-corrected chi connectivity index (χ2v) is 5.63. The zero-order valence-electron chi connectivity index (χ0n) is 13.9. The fraction of sp³-hybridized carbons (Fsp3) is 0.211. The first kappa shape index (κ1) is 15.9. The third-order valence-electron chi connectivity index (χ3n) is 3.99. The number of aromatic nitrogens is 3. The van der Waals surface area contributed by atoms with Crippen LogP contribution in [0.2, 0.25) is 0 Å². The summed E-state index contributed by atoms with van der Waals surface area (Å²) in [5, 5.41) is 4.50. The summed E-state index contributed by atoms with van der Waals surface area (Å²) in [6.07, 6.45) is 3.58. The third kappa shape index (κ3) is 3.06. The van der Waals surface area contributed by atoms with Gasteiger partial charge in [-0.15, -0.1) is 0 Å². The van der Waals surface area contributed by atoms with Gasteiger partial charge in [0, 0.05) is 23.5 Å². The molecule has 0 saturated heterocycles. The summed E-state index contributed by atoms with van der Waals surface area (Å²) in [5.41, 5.74) is 4.91. The van der Waals surface area contributed by atoms with E-state index in [0.717, 1.165) is 28.1 Å². The molecular weight excluding hydrogens is 302 g/mol. The van der Waals surface area contributed by atoms with Crippen LogP contribution in [0.15, 0.2) is 54.9 Å². The van der Waals surface area contributed by atoms with Gasteiger partial charge in [-0.2, -0.15) is 5.10 Å². The number of esters is 1. The first-order chi connectivity index (χ1) is 11.6. The van der Waals surface area contributed by atoms with Crippen molar-refractivity contribution in [2.45, 2.75) is 19.9 Å². The number of carbonyl (C=O) groups excluding carboxylic acids is 1. The molecule has 122 valence electrons. The number of ether oxygens (including phenoxy) is 1. The second-order valence-electron chi connectivity index (χ2n) is 5.63. The maximum atomic E-state index is 11.6. The average Bonchev–Trinajstić information content (AvgIpc) is 3.11. The molecule has 3 rings (SSSR count). The van der Waals surface area contributed by atoms with Crippen LogP contribution in [0.25, 0.3) is 22.5 Å². The maximum Gasteiger partial charge on any atom is 0.330 e. The molecule has 2 heterocycles. The molecule has 0 saturated carbocycles. The molecule has 24 heavy (non-hydrogen) atoms. The molecule has 0 N–H and O–H groups in total. The summed E-state index contributed by atoms with van der Waals surface area (Å²) in [5.74, 6) is -0.317. The molecule has 0 fully saturated rings. The van der Waals surface area contributed by atoms with Gasteiger partial charge in [-0.3, -0.25) is 9.67 Å². The van der Waals surface area contributed by atoms with Gasteiger partial charge in [0.25, 0.3) is 0 Å². The Labute approximate surface area is 140 Å². The predicted octanol–water partition coefficient (Wildman–Crippen LogP) is 3.65. The topological polar surface area (TPSA) is 57.0 Å². The third-order valence-corrected chi connectivity index (χ3v) is 3.99. The van der Waals surface area contributed by atoms with Gasteiger partial charge in [0.05, 0.1) is 18.5 Å². The van der Waals surface area contributed by atoms with Gasteiger partial charge in [0.1, 0.15) is 6.04 Å². The van der Waals surface area contributed by atoms with Crippen LogP contribution in [-0.4, -0.2) is 27.8 Å². The Hall–Kier alpha value is -2.95. The van der Waals surface area contributed by atoms with Crippen molar-refractivity contribution in [2.75, 3.05) is 7.11 Å². The molecule has 5 heteroatoms. The molecule has 2 aromatic heterocycles. The molecule has 1 aromatic carbocycles. The molecule has 0 bridgehead atoms. The molecule has 1 unspecified atom stereocenters. The van der Waals surface area contributed by atoms with E-state index in [1.165, 1.54) is 7.11 Å². The maximum absolute atomic E-state index is 11.6. The molecule has 5 nitrogen and oxygen atoms in total. The van der Waals surface area contributed by atoms with Crippen LogP contribution < -0.4 is 0 Å². The minimum atomic E-state index is -0.454. The molecule has 0 amide bonds. The van der Waals surface area contributed by atoms with E-state index < -0.39 is 6.04 Å². The summed E-state index contributed by atoms with van der Waals surface area (Å²) in [6.45, 7) is 3.80. The lowest BCUT2D eigenvalue weighted by Gasteiger charge is -2.09. The van der Waals surface area contributed by atoms with Gasteiger partial charge in [-0.1, -0.05) is 24.3 Å².